The van der Waals surface area contributed by atoms with Gasteiger partial charge in [0.15, 0.2) is 0 Å². The van der Waals surface area contributed by atoms with Crippen LogP contribution in [0.3, 0.4) is 0 Å². The number of rotatable bonds is 8. The molecule has 1 fully saturated rings. The smallest absolute Gasteiger partial charge is 0.248 e. The van der Waals surface area contributed by atoms with Gasteiger partial charge in [-0.05, 0) is 54.5 Å². The van der Waals surface area contributed by atoms with Crippen LogP contribution in [0.15, 0.2) is 54.6 Å². The highest BCUT2D eigenvalue weighted by Gasteiger charge is 2.10. The molecule has 148 valence electrons. The van der Waals surface area contributed by atoms with Crippen LogP contribution in [0.2, 0.25) is 0 Å². The molecule has 28 heavy (non-hydrogen) atoms. The zero-order valence-electron chi connectivity index (χ0n) is 16.4. The molecule has 5 heteroatoms. The molecule has 1 aliphatic heterocycles. The Labute approximate surface area is 167 Å². The number of hydrogen-bond acceptors (Lipinski definition) is 4. The third-order valence-corrected chi connectivity index (χ3v) is 4.58. The first-order chi connectivity index (χ1) is 13.7. The van der Waals surface area contributed by atoms with E-state index in [-0.39, 0.29) is 5.91 Å². The standard InChI is InChI=1S/C23H28N2O3/c1-2-3-16-28-22-11-4-19(5-12-22)6-13-23(26)24-20-7-9-21(10-8-20)25-14-17-27-18-15-25/h4-13H,2-3,14-18H2,1H3,(H,24,26)/b13-6+. The summed E-state index contributed by atoms with van der Waals surface area (Å²) in [6.07, 6.45) is 5.51. The molecule has 2 aromatic carbocycles. The van der Waals surface area contributed by atoms with Crippen molar-refractivity contribution in [3.63, 3.8) is 0 Å². The lowest BCUT2D eigenvalue weighted by Crippen LogP contribution is -2.36. The number of hydrogen-bond donors (Lipinski definition) is 1. The zero-order chi connectivity index (χ0) is 19.6. The van der Waals surface area contributed by atoms with Crippen LogP contribution in [-0.4, -0.2) is 38.8 Å². The van der Waals surface area contributed by atoms with Gasteiger partial charge < -0.3 is 19.7 Å². The van der Waals surface area contributed by atoms with E-state index in [0.29, 0.717) is 0 Å². The van der Waals surface area contributed by atoms with Crippen LogP contribution in [0.1, 0.15) is 25.3 Å². The van der Waals surface area contributed by atoms with Crippen LogP contribution < -0.4 is 15.0 Å². The third-order valence-electron chi connectivity index (χ3n) is 4.58. The van der Waals surface area contributed by atoms with E-state index in [2.05, 4.69) is 17.1 Å². The molecule has 1 aliphatic rings. The molecule has 0 aromatic heterocycles. The summed E-state index contributed by atoms with van der Waals surface area (Å²) in [5, 5.41) is 2.89. The number of unbranched alkanes of at least 4 members (excludes halogenated alkanes) is 1. The number of anilines is 2. The molecule has 0 unspecified atom stereocenters. The van der Waals surface area contributed by atoms with Crippen molar-refractivity contribution in [3.05, 3.63) is 60.2 Å². The molecule has 5 nitrogen and oxygen atoms in total. The molecule has 3 rings (SSSR count). The molecule has 0 atom stereocenters. The quantitative estimate of drug-likeness (QED) is 0.546. The zero-order valence-corrected chi connectivity index (χ0v) is 16.4. The maximum absolute atomic E-state index is 12.2. The normalized spacial score (nSPS) is 14.2. The Morgan fingerprint density at radius 1 is 1.11 bits per heavy atom. The average Bonchev–Trinajstić information content (AvgIpc) is 2.74. The highest BCUT2D eigenvalue weighted by atomic mass is 16.5. The van der Waals surface area contributed by atoms with Crippen molar-refractivity contribution in [2.45, 2.75) is 19.8 Å². The molecule has 0 aliphatic carbocycles. The number of ether oxygens (including phenoxy) is 2. The molecule has 0 radical (unpaired) electrons. The van der Waals surface area contributed by atoms with Gasteiger partial charge in [-0.3, -0.25) is 4.79 Å². The molecule has 1 saturated heterocycles. The number of carbonyl (C=O) groups is 1. The number of morpholine rings is 1. The first kappa shape index (κ1) is 20.0. The van der Waals surface area contributed by atoms with Gasteiger partial charge in [-0.2, -0.15) is 0 Å². The summed E-state index contributed by atoms with van der Waals surface area (Å²) in [7, 11) is 0. The molecule has 1 heterocycles. The lowest BCUT2D eigenvalue weighted by atomic mass is 10.2. The van der Waals surface area contributed by atoms with Gasteiger partial charge in [-0.1, -0.05) is 25.5 Å². The highest BCUT2D eigenvalue weighted by Crippen LogP contribution is 2.19. The second-order valence-corrected chi connectivity index (χ2v) is 6.74. The van der Waals surface area contributed by atoms with Gasteiger partial charge in [0.25, 0.3) is 0 Å². The second-order valence-electron chi connectivity index (χ2n) is 6.74. The van der Waals surface area contributed by atoms with Gasteiger partial charge in [0.2, 0.25) is 5.91 Å². The first-order valence-electron chi connectivity index (χ1n) is 9.89. The Kier molecular flexibility index (Phi) is 7.50. The van der Waals surface area contributed by atoms with E-state index >= 15 is 0 Å². The highest BCUT2D eigenvalue weighted by molar-refractivity contribution is 6.02. The van der Waals surface area contributed by atoms with E-state index < -0.39 is 0 Å². The molecule has 2 aromatic rings. The molecular formula is C23H28N2O3. The average molecular weight is 380 g/mol. The summed E-state index contributed by atoms with van der Waals surface area (Å²) in [5.41, 5.74) is 2.89. The second kappa shape index (κ2) is 10.5. The van der Waals surface area contributed by atoms with E-state index in [1.165, 1.54) is 0 Å². The van der Waals surface area contributed by atoms with Crippen LogP contribution in [0, 0.1) is 0 Å². The van der Waals surface area contributed by atoms with Crippen molar-refractivity contribution >= 4 is 23.4 Å². The summed E-state index contributed by atoms with van der Waals surface area (Å²) in [5.74, 6) is 0.706. The Bertz CT molecular complexity index is 763. The van der Waals surface area contributed by atoms with Crippen molar-refractivity contribution in [1.29, 1.82) is 0 Å². The van der Waals surface area contributed by atoms with Crippen molar-refractivity contribution in [2.24, 2.45) is 0 Å². The molecule has 1 amide bonds. The molecular weight excluding hydrogens is 352 g/mol. The Morgan fingerprint density at radius 3 is 2.50 bits per heavy atom. The maximum atomic E-state index is 12.2. The minimum Gasteiger partial charge on any atom is -0.494 e. The molecule has 1 N–H and O–H groups in total. The van der Waals surface area contributed by atoms with Crippen molar-refractivity contribution in [1.82, 2.24) is 0 Å². The summed E-state index contributed by atoms with van der Waals surface area (Å²) in [4.78, 5) is 14.4. The van der Waals surface area contributed by atoms with E-state index in [9.17, 15) is 4.79 Å². The van der Waals surface area contributed by atoms with Gasteiger partial charge in [0.1, 0.15) is 5.75 Å². The molecule has 0 spiro atoms. The van der Waals surface area contributed by atoms with Gasteiger partial charge >= 0.3 is 0 Å². The van der Waals surface area contributed by atoms with Gasteiger partial charge in [0, 0.05) is 30.5 Å². The van der Waals surface area contributed by atoms with Gasteiger partial charge in [-0.15, -0.1) is 0 Å². The van der Waals surface area contributed by atoms with Crippen LogP contribution >= 0.6 is 0 Å². The number of nitrogens with one attached hydrogen (secondary N) is 1. The minimum atomic E-state index is -0.151. The topological polar surface area (TPSA) is 50.8 Å². The largest absolute Gasteiger partial charge is 0.494 e. The summed E-state index contributed by atoms with van der Waals surface area (Å²) >= 11 is 0. The van der Waals surface area contributed by atoms with Gasteiger partial charge in [0.05, 0.1) is 19.8 Å². The summed E-state index contributed by atoms with van der Waals surface area (Å²) in [6.45, 7) is 6.19. The van der Waals surface area contributed by atoms with Crippen LogP contribution in [0.5, 0.6) is 5.75 Å². The summed E-state index contributed by atoms with van der Waals surface area (Å²) in [6, 6.07) is 15.7. The number of amides is 1. The predicted molar refractivity (Wildman–Crippen MR) is 114 cm³/mol. The lowest BCUT2D eigenvalue weighted by Gasteiger charge is -2.28. The number of nitrogens with zero attached hydrogens (tertiary/aromatic N) is 1. The Hall–Kier alpha value is -2.79. The van der Waals surface area contributed by atoms with E-state index in [4.69, 9.17) is 9.47 Å². The van der Waals surface area contributed by atoms with Crippen molar-refractivity contribution in [2.75, 3.05) is 43.1 Å². The predicted octanol–water partition coefficient (Wildman–Crippen LogP) is 4.35. The third kappa shape index (κ3) is 6.13. The Balaban J connectivity index is 1.49. The fourth-order valence-corrected chi connectivity index (χ4v) is 2.94. The van der Waals surface area contributed by atoms with Crippen LogP contribution in [0.4, 0.5) is 11.4 Å². The van der Waals surface area contributed by atoms with Crippen molar-refractivity contribution in [3.8, 4) is 5.75 Å². The van der Waals surface area contributed by atoms with Crippen molar-refractivity contribution < 1.29 is 14.3 Å². The first-order valence-corrected chi connectivity index (χ1v) is 9.89. The van der Waals surface area contributed by atoms with Crippen LogP contribution in [-0.2, 0) is 9.53 Å². The monoisotopic (exact) mass is 380 g/mol. The molecule has 0 saturated carbocycles. The number of benzene rings is 2. The maximum Gasteiger partial charge on any atom is 0.248 e. The summed E-state index contributed by atoms with van der Waals surface area (Å²) < 4.78 is 11.0. The SMILES string of the molecule is CCCCOc1ccc(/C=C/C(=O)Nc2ccc(N3CCOCC3)cc2)cc1. The number of carbonyl (C=O) groups excluding carboxylic acids is 1. The fraction of sp³-hybridized carbons (Fsp3) is 0.348. The van der Waals surface area contributed by atoms with Gasteiger partial charge in [-0.25, -0.2) is 0 Å². The van der Waals surface area contributed by atoms with E-state index in [0.717, 1.165) is 68.4 Å². The van der Waals surface area contributed by atoms with E-state index in [1.807, 2.05) is 48.5 Å². The minimum absolute atomic E-state index is 0.151. The van der Waals surface area contributed by atoms with Crippen LogP contribution in [0.25, 0.3) is 6.08 Å². The fourth-order valence-electron chi connectivity index (χ4n) is 2.94. The Morgan fingerprint density at radius 2 is 1.82 bits per heavy atom. The molecule has 0 bridgehead atoms. The van der Waals surface area contributed by atoms with E-state index in [1.54, 1.807) is 12.2 Å². The lowest BCUT2D eigenvalue weighted by molar-refractivity contribution is -0.111.